The average Bonchev–Trinajstić information content (AvgIpc) is 3.37. The molecule has 0 saturated carbocycles. The van der Waals surface area contributed by atoms with Crippen molar-refractivity contribution >= 4 is 46.4 Å². The van der Waals surface area contributed by atoms with E-state index in [1.165, 1.54) is 12.1 Å². The van der Waals surface area contributed by atoms with Crippen LogP contribution in [0.5, 0.6) is 5.75 Å². The summed E-state index contributed by atoms with van der Waals surface area (Å²) >= 11 is 0. The van der Waals surface area contributed by atoms with E-state index >= 15 is 0 Å². The van der Waals surface area contributed by atoms with Gasteiger partial charge >= 0.3 is 5.97 Å². The fourth-order valence-corrected chi connectivity index (χ4v) is 4.49. The maximum absolute atomic E-state index is 13.6. The largest absolute Gasteiger partial charge is 0.508 e. The number of primary amides is 2. The summed E-state index contributed by atoms with van der Waals surface area (Å²) in [5.74, 6) is -5.77. The Morgan fingerprint density at radius 3 is 2.02 bits per heavy atom. The highest BCUT2D eigenvalue weighted by Gasteiger charge is 2.31. The number of amides is 5. The fourth-order valence-electron chi connectivity index (χ4n) is 4.49. The molecular formula is C29H35N7O8. The lowest BCUT2D eigenvalue weighted by Crippen LogP contribution is -2.58. The van der Waals surface area contributed by atoms with E-state index in [0.717, 1.165) is 10.9 Å². The predicted molar refractivity (Wildman–Crippen MR) is 157 cm³/mol. The zero-order valence-corrected chi connectivity index (χ0v) is 23.6. The zero-order valence-electron chi connectivity index (χ0n) is 23.6. The summed E-state index contributed by atoms with van der Waals surface area (Å²) in [6, 6.07) is 7.87. The number of phenols is 1. The van der Waals surface area contributed by atoms with Crippen LogP contribution in [0.1, 0.15) is 30.4 Å². The van der Waals surface area contributed by atoms with Crippen molar-refractivity contribution in [1.82, 2.24) is 20.9 Å². The van der Waals surface area contributed by atoms with Crippen LogP contribution in [0.2, 0.25) is 0 Å². The molecule has 0 saturated heterocycles. The van der Waals surface area contributed by atoms with Gasteiger partial charge in [0.2, 0.25) is 29.5 Å². The summed E-state index contributed by atoms with van der Waals surface area (Å²) in [5, 5.41) is 26.9. The molecule has 0 aliphatic heterocycles. The standard InChI is InChI=1S/C29H35N7O8/c30-19(11-15-5-7-17(37)8-6-15)26(40)35-22(12-16-14-33-20-4-2-1-3-18(16)20)28(42)34-21(9-10-24(31)38)27(41)36-23(29(43)44)13-25(32)39/h1-8,14,19,21-23,33,37H,9-13,30H2,(H2,31,38)(H2,32,39)(H,34,42)(H,35,40)(H,36,41)(H,43,44). The first kappa shape index (κ1) is 33.1. The van der Waals surface area contributed by atoms with E-state index in [1.54, 1.807) is 24.4 Å². The molecule has 44 heavy (non-hydrogen) atoms. The Kier molecular flexibility index (Phi) is 11.4. The zero-order chi connectivity index (χ0) is 32.4. The number of para-hydroxylation sites is 1. The molecule has 1 heterocycles. The van der Waals surface area contributed by atoms with Crippen LogP contribution in [-0.2, 0) is 41.6 Å². The van der Waals surface area contributed by atoms with Gasteiger partial charge in [-0.05, 0) is 42.2 Å². The van der Waals surface area contributed by atoms with Crippen molar-refractivity contribution in [2.75, 3.05) is 0 Å². The normalized spacial score (nSPS) is 13.7. The molecule has 234 valence electrons. The number of nitrogens with two attached hydrogens (primary N) is 3. The van der Waals surface area contributed by atoms with Gasteiger partial charge in [-0.2, -0.15) is 0 Å². The maximum atomic E-state index is 13.6. The summed E-state index contributed by atoms with van der Waals surface area (Å²) in [6.45, 7) is 0. The van der Waals surface area contributed by atoms with Crippen LogP contribution in [0.15, 0.2) is 54.7 Å². The third-order valence-electron chi connectivity index (χ3n) is 6.79. The third kappa shape index (κ3) is 9.55. The Morgan fingerprint density at radius 1 is 0.773 bits per heavy atom. The van der Waals surface area contributed by atoms with E-state index in [0.29, 0.717) is 11.1 Å². The number of hydrogen-bond acceptors (Lipinski definition) is 8. The van der Waals surface area contributed by atoms with Gasteiger partial charge < -0.3 is 48.3 Å². The van der Waals surface area contributed by atoms with Crippen molar-refractivity contribution in [3.8, 4) is 5.75 Å². The van der Waals surface area contributed by atoms with Crippen molar-refractivity contribution < 1.29 is 39.0 Å². The van der Waals surface area contributed by atoms with Gasteiger partial charge in [0.05, 0.1) is 12.5 Å². The first-order valence-electron chi connectivity index (χ1n) is 13.6. The number of rotatable bonds is 16. The number of fused-ring (bicyclic) bond motifs is 1. The number of phenolic OH excluding ortho intramolecular Hbond substituents is 1. The van der Waals surface area contributed by atoms with Crippen LogP contribution < -0.4 is 33.2 Å². The summed E-state index contributed by atoms with van der Waals surface area (Å²) in [6.07, 6.45) is 0.374. The van der Waals surface area contributed by atoms with Crippen LogP contribution in [-0.4, -0.2) is 74.9 Å². The number of aromatic amines is 1. The molecule has 0 aliphatic carbocycles. The maximum Gasteiger partial charge on any atom is 0.326 e. The summed E-state index contributed by atoms with van der Waals surface area (Å²) in [5.41, 5.74) is 18.6. The minimum Gasteiger partial charge on any atom is -0.508 e. The molecule has 1 aromatic heterocycles. The highest BCUT2D eigenvalue weighted by atomic mass is 16.4. The molecular weight excluding hydrogens is 574 g/mol. The van der Waals surface area contributed by atoms with Gasteiger partial charge in [0.1, 0.15) is 23.9 Å². The molecule has 2 aromatic carbocycles. The molecule has 4 unspecified atom stereocenters. The highest BCUT2D eigenvalue weighted by molar-refractivity contribution is 5.95. The highest BCUT2D eigenvalue weighted by Crippen LogP contribution is 2.19. The number of carbonyl (C=O) groups is 6. The topological polar surface area (TPSA) is 273 Å². The number of H-pyrrole nitrogens is 1. The number of carboxylic acid groups (broad SMARTS) is 1. The minimum atomic E-state index is -1.69. The van der Waals surface area contributed by atoms with E-state index in [-0.39, 0.29) is 31.4 Å². The Balaban J connectivity index is 1.85. The molecule has 0 fully saturated rings. The lowest BCUT2D eigenvalue weighted by molar-refractivity contribution is -0.144. The molecule has 15 heteroatoms. The second kappa shape index (κ2) is 15.2. The Morgan fingerprint density at radius 2 is 1.39 bits per heavy atom. The van der Waals surface area contributed by atoms with Gasteiger partial charge in [0.15, 0.2) is 0 Å². The lowest BCUT2D eigenvalue weighted by atomic mass is 10.0. The number of carbonyl (C=O) groups excluding carboxylic acids is 5. The molecule has 12 N–H and O–H groups in total. The van der Waals surface area contributed by atoms with Crippen LogP contribution in [0.4, 0.5) is 0 Å². The SMILES string of the molecule is NC(=O)CCC(NC(=O)C(Cc1c[nH]c2ccccc12)NC(=O)C(N)Cc1ccc(O)cc1)C(=O)NC(CC(N)=O)C(=O)O. The quantitative estimate of drug-likeness (QED) is 0.0929. The molecule has 0 spiro atoms. The lowest BCUT2D eigenvalue weighted by Gasteiger charge is -2.25. The summed E-state index contributed by atoms with van der Waals surface area (Å²) < 4.78 is 0. The Labute approximate surface area is 251 Å². The molecule has 0 bridgehead atoms. The average molecular weight is 610 g/mol. The van der Waals surface area contributed by atoms with E-state index < -0.39 is 66.1 Å². The van der Waals surface area contributed by atoms with Gasteiger partial charge in [0.25, 0.3) is 0 Å². The van der Waals surface area contributed by atoms with Crippen molar-refractivity contribution in [1.29, 1.82) is 0 Å². The van der Waals surface area contributed by atoms with Gasteiger partial charge in [-0.15, -0.1) is 0 Å². The van der Waals surface area contributed by atoms with E-state index in [2.05, 4.69) is 20.9 Å². The molecule has 15 nitrogen and oxygen atoms in total. The van der Waals surface area contributed by atoms with Crippen LogP contribution in [0, 0.1) is 0 Å². The number of aromatic hydroxyl groups is 1. The third-order valence-corrected chi connectivity index (χ3v) is 6.79. The first-order valence-corrected chi connectivity index (χ1v) is 13.6. The number of nitrogens with one attached hydrogen (secondary N) is 4. The number of hydrogen-bond donors (Lipinski definition) is 9. The summed E-state index contributed by atoms with van der Waals surface area (Å²) in [7, 11) is 0. The van der Waals surface area contributed by atoms with Crippen molar-refractivity contribution in [2.24, 2.45) is 17.2 Å². The number of aromatic nitrogens is 1. The Hall–Kier alpha value is -5.44. The smallest absolute Gasteiger partial charge is 0.326 e. The van der Waals surface area contributed by atoms with Crippen LogP contribution >= 0.6 is 0 Å². The number of aliphatic carboxylic acids is 1. The molecule has 5 amide bonds. The Bertz CT molecular complexity index is 1520. The van der Waals surface area contributed by atoms with Crippen molar-refractivity contribution in [3.05, 3.63) is 65.9 Å². The summed E-state index contributed by atoms with van der Waals surface area (Å²) in [4.78, 5) is 77.2. The number of benzene rings is 2. The molecule has 3 rings (SSSR count). The fraction of sp³-hybridized carbons (Fsp3) is 0.310. The molecule has 3 aromatic rings. The second-order valence-corrected chi connectivity index (χ2v) is 10.2. The first-order chi connectivity index (χ1) is 20.8. The predicted octanol–water partition coefficient (Wildman–Crippen LogP) is -1.33. The van der Waals surface area contributed by atoms with Crippen LogP contribution in [0.3, 0.4) is 0 Å². The van der Waals surface area contributed by atoms with Gasteiger partial charge in [-0.25, -0.2) is 4.79 Å². The molecule has 4 atom stereocenters. The van der Waals surface area contributed by atoms with Crippen molar-refractivity contribution in [3.63, 3.8) is 0 Å². The van der Waals surface area contributed by atoms with E-state index in [4.69, 9.17) is 17.2 Å². The van der Waals surface area contributed by atoms with Gasteiger partial charge in [-0.1, -0.05) is 30.3 Å². The van der Waals surface area contributed by atoms with E-state index in [9.17, 15) is 39.0 Å². The second-order valence-electron chi connectivity index (χ2n) is 10.2. The van der Waals surface area contributed by atoms with Gasteiger partial charge in [-0.3, -0.25) is 24.0 Å². The minimum absolute atomic E-state index is 0.0307. The van der Waals surface area contributed by atoms with Crippen molar-refractivity contribution in [2.45, 2.75) is 56.3 Å². The number of carboxylic acids is 1. The van der Waals surface area contributed by atoms with Gasteiger partial charge in [0, 0.05) is 29.9 Å². The van der Waals surface area contributed by atoms with Crippen LogP contribution in [0.25, 0.3) is 10.9 Å². The van der Waals surface area contributed by atoms with E-state index in [1.807, 2.05) is 18.2 Å². The molecule has 0 radical (unpaired) electrons. The monoisotopic (exact) mass is 609 g/mol. The molecule has 0 aliphatic rings.